The maximum absolute atomic E-state index is 12.6. The fraction of sp³-hybridized carbons (Fsp3) is 0.286. The summed E-state index contributed by atoms with van der Waals surface area (Å²) < 4.78 is 5.50. The molecule has 3 rings (SSSR count). The van der Waals surface area contributed by atoms with Gasteiger partial charge < -0.3 is 4.74 Å². The first-order valence-corrected chi connectivity index (χ1v) is 7.48. The molecule has 0 bridgehead atoms. The minimum atomic E-state index is -0.946. The maximum Gasteiger partial charge on any atom is 0.355 e. The quantitative estimate of drug-likeness (QED) is 0.633. The number of amides is 2. The number of imide groups is 1. The zero-order chi connectivity index (χ0) is 15.9. The molecule has 0 unspecified atom stereocenters. The number of hydrazone groups is 1. The van der Waals surface area contributed by atoms with Crippen LogP contribution in [0.3, 0.4) is 0 Å². The Balaban J connectivity index is 1.95. The van der Waals surface area contributed by atoms with E-state index in [1.165, 1.54) is 0 Å². The first kappa shape index (κ1) is 14.7. The van der Waals surface area contributed by atoms with Gasteiger partial charge in [-0.3, -0.25) is 15.0 Å². The van der Waals surface area contributed by atoms with Crippen LogP contribution in [0.15, 0.2) is 33.8 Å². The summed E-state index contributed by atoms with van der Waals surface area (Å²) >= 11 is 3.32. The number of anilines is 1. The Morgan fingerprint density at radius 3 is 2.77 bits per heavy atom. The van der Waals surface area contributed by atoms with Gasteiger partial charge in [-0.05, 0) is 35.0 Å². The Bertz CT molecular complexity index is 703. The molecule has 8 heteroatoms. The molecule has 0 aliphatic carbocycles. The average Bonchev–Trinajstić information content (AvgIpc) is 3.02. The fourth-order valence-corrected chi connectivity index (χ4v) is 3.00. The summed E-state index contributed by atoms with van der Waals surface area (Å²) in [6.07, 6.45) is 0. The average molecular weight is 366 g/mol. The Hall–Kier alpha value is -2.22. The van der Waals surface area contributed by atoms with Crippen LogP contribution >= 0.6 is 15.9 Å². The highest BCUT2D eigenvalue weighted by Gasteiger charge is 2.56. The van der Waals surface area contributed by atoms with Gasteiger partial charge in [0.25, 0.3) is 5.91 Å². The van der Waals surface area contributed by atoms with E-state index in [0.29, 0.717) is 10.2 Å². The van der Waals surface area contributed by atoms with E-state index in [2.05, 4.69) is 26.5 Å². The second kappa shape index (κ2) is 5.53. The predicted octanol–water partition coefficient (Wildman–Crippen LogP) is 0.829. The van der Waals surface area contributed by atoms with Gasteiger partial charge in [0, 0.05) is 4.47 Å². The minimum Gasteiger partial charge on any atom is -0.461 e. The molecule has 22 heavy (non-hydrogen) atoms. The van der Waals surface area contributed by atoms with Crippen molar-refractivity contribution in [3.8, 4) is 0 Å². The number of esters is 1. The van der Waals surface area contributed by atoms with Crippen molar-refractivity contribution in [3.63, 3.8) is 0 Å². The van der Waals surface area contributed by atoms with Gasteiger partial charge in [0.05, 0.1) is 12.3 Å². The van der Waals surface area contributed by atoms with Crippen molar-refractivity contribution in [2.45, 2.75) is 13.0 Å². The summed E-state index contributed by atoms with van der Waals surface area (Å²) in [6, 6.07) is 6.03. The molecule has 7 nitrogen and oxygen atoms in total. The van der Waals surface area contributed by atoms with Crippen LogP contribution in [0, 0.1) is 5.92 Å². The number of carbonyl (C=O) groups is 3. The molecule has 2 aliphatic heterocycles. The predicted molar refractivity (Wildman–Crippen MR) is 81.1 cm³/mol. The summed E-state index contributed by atoms with van der Waals surface area (Å²) in [6.45, 7) is 1.83. The van der Waals surface area contributed by atoms with Crippen molar-refractivity contribution in [1.29, 1.82) is 0 Å². The first-order chi connectivity index (χ1) is 10.6. The van der Waals surface area contributed by atoms with E-state index in [-0.39, 0.29) is 12.3 Å². The first-order valence-electron chi connectivity index (χ1n) is 6.68. The molecule has 2 heterocycles. The number of nitrogens with zero attached hydrogens (tertiary/aromatic N) is 2. The second-order valence-corrected chi connectivity index (χ2v) is 5.62. The molecule has 0 spiro atoms. The third-order valence-corrected chi connectivity index (χ3v) is 4.17. The number of carbonyl (C=O) groups excluding carboxylic acids is 3. The van der Waals surface area contributed by atoms with Gasteiger partial charge in [0.1, 0.15) is 12.0 Å². The molecule has 0 saturated carbocycles. The van der Waals surface area contributed by atoms with E-state index in [1.54, 1.807) is 31.2 Å². The van der Waals surface area contributed by atoms with Crippen LogP contribution in [0.1, 0.15) is 6.92 Å². The van der Waals surface area contributed by atoms with E-state index in [0.717, 1.165) is 4.90 Å². The van der Waals surface area contributed by atoms with Gasteiger partial charge in [0.15, 0.2) is 5.71 Å². The summed E-state index contributed by atoms with van der Waals surface area (Å²) in [7, 11) is 0. The third kappa shape index (κ3) is 2.10. The largest absolute Gasteiger partial charge is 0.461 e. The van der Waals surface area contributed by atoms with E-state index < -0.39 is 29.7 Å². The van der Waals surface area contributed by atoms with Crippen LogP contribution in [-0.2, 0) is 19.1 Å². The van der Waals surface area contributed by atoms with Crippen LogP contribution in [0.2, 0.25) is 0 Å². The minimum absolute atomic E-state index is 0.0558. The number of hydrogen-bond donors (Lipinski definition) is 1. The van der Waals surface area contributed by atoms with Crippen LogP contribution in [-0.4, -0.2) is 36.1 Å². The molecule has 1 saturated heterocycles. The Kier molecular flexibility index (Phi) is 3.69. The molecule has 0 aromatic heterocycles. The van der Waals surface area contributed by atoms with Crippen molar-refractivity contribution < 1.29 is 19.1 Å². The molecule has 1 aromatic rings. The molecule has 2 amide bonds. The SMILES string of the molecule is CCOC(=O)C1=NN[C@H]2C(=O)N(c3ccccc3Br)C(=O)[C@H]12. The Labute approximate surface area is 134 Å². The number of benzene rings is 1. The highest BCUT2D eigenvalue weighted by molar-refractivity contribution is 9.10. The van der Waals surface area contributed by atoms with Gasteiger partial charge in [-0.15, -0.1) is 0 Å². The Morgan fingerprint density at radius 2 is 2.09 bits per heavy atom. The van der Waals surface area contributed by atoms with Crippen molar-refractivity contribution in [2.75, 3.05) is 11.5 Å². The number of halogens is 1. The molecule has 1 aromatic carbocycles. The van der Waals surface area contributed by atoms with Crippen molar-refractivity contribution >= 4 is 45.1 Å². The maximum atomic E-state index is 12.6. The highest BCUT2D eigenvalue weighted by Crippen LogP contribution is 2.34. The summed E-state index contributed by atoms with van der Waals surface area (Å²) in [5.41, 5.74) is 2.95. The molecule has 2 atom stereocenters. The van der Waals surface area contributed by atoms with Gasteiger partial charge in [-0.1, -0.05) is 12.1 Å². The molecular formula is C14H12BrN3O4. The number of nitrogens with one attached hydrogen (secondary N) is 1. The summed E-state index contributed by atoms with van der Waals surface area (Å²) in [4.78, 5) is 38.0. The smallest absolute Gasteiger partial charge is 0.355 e. The molecule has 1 N–H and O–H groups in total. The lowest BCUT2D eigenvalue weighted by Gasteiger charge is -2.17. The monoisotopic (exact) mass is 365 g/mol. The van der Waals surface area contributed by atoms with Crippen molar-refractivity contribution in [3.05, 3.63) is 28.7 Å². The number of hydrogen-bond acceptors (Lipinski definition) is 6. The van der Waals surface area contributed by atoms with E-state index in [4.69, 9.17) is 4.74 Å². The number of rotatable bonds is 3. The third-order valence-electron chi connectivity index (χ3n) is 3.50. The normalized spacial score (nSPS) is 23.2. The second-order valence-electron chi connectivity index (χ2n) is 4.77. The van der Waals surface area contributed by atoms with Crippen LogP contribution < -0.4 is 10.3 Å². The zero-order valence-corrected chi connectivity index (χ0v) is 13.2. The van der Waals surface area contributed by atoms with Crippen LogP contribution in [0.25, 0.3) is 0 Å². The lowest BCUT2D eigenvalue weighted by Crippen LogP contribution is -2.36. The van der Waals surface area contributed by atoms with E-state index in [9.17, 15) is 14.4 Å². The van der Waals surface area contributed by atoms with E-state index in [1.807, 2.05) is 0 Å². The van der Waals surface area contributed by atoms with Gasteiger partial charge in [-0.2, -0.15) is 5.10 Å². The Morgan fingerprint density at radius 1 is 1.36 bits per heavy atom. The van der Waals surface area contributed by atoms with Crippen molar-refractivity contribution in [2.24, 2.45) is 11.0 Å². The van der Waals surface area contributed by atoms with Gasteiger partial charge >= 0.3 is 5.97 Å². The molecular weight excluding hydrogens is 354 g/mol. The highest BCUT2D eigenvalue weighted by atomic mass is 79.9. The van der Waals surface area contributed by atoms with Crippen molar-refractivity contribution in [1.82, 2.24) is 5.43 Å². The summed E-state index contributed by atoms with van der Waals surface area (Å²) in [5, 5.41) is 3.80. The number of para-hydroxylation sites is 1. The number of ether oxygens (including phenoxy) is 1. The molecule has 114 valence electrons. The molecule has 1 fully saturated rings. The van der Waals surface area contributed by atoms with Gasteiger partial charge in [-0.25, -0.2) is 9.69 Å². The lowest BCUT2D eigenvalue weighted by molar-refractivity contribution is -0.136. The zero-order valence-electron chi connectivity index (χ0n) is 11.6. The van der Waals surface area contributed by atoms with E-state index >= 15 is 0 Å². The fourth-order valence-electron chi connectivity index (χ4n) is 2.53. The standard InChI is InChI=1S/C14H12BrN3O4/c1-2-22-14(21)11-9-10(16-17-11)13(20)18(12(9)19)8-6-4-3-5-7(8)15/h3-6,9-10,16H,2H2,1H3/t9-,10+/m0/s1. The topological polar surface area (TPSA) is 88.1 Å². The number of fused-ring (bicyclic) bond motifs is 1. The lowest BCUT2D eigenvalue weighted by atomic mass is 9.99. The van der Waals surface area contributed by atoms with Crippen LogP contribution in [0.4, 0.5) is 5.69 Å². The van der Waals surface area contributed by atoms with Gasteiger partial charge in [0.2, 0.25) is 5.91 Å². The molecule has 0 radical (unpaired) electrons. The van der Waals surface area contributed by atoms with Crippen LogP contribution in [0.5, 0.6) is 0 Å². The molecule has 2 aliphatic rings. The summed E-state index contributed by atoms with van der Waals surface area (Å²) in [5.74, 6) is -2.56.